The average molecular weight is 354 g/mol. The lowest BCUT2D eigenvalue weighted by molar-refractivity contribution is -0.152. The third-order valence-corrected chi connectivity index (χ3v) is 3.53. The Hall–Kier alpha value is -3.35. The minimum absolute atomic E-state index is 0.224. The Kier molecular flexibility index (Phi) is 5.48. The lowest BCUT2D eigenvalue weighted by atomic mass is 10.2. The van der Waals surface area contributed by atoms with Gasteiger partial charge in [-0.15, -0.1) is 10.2 Å². The molecule has 0 aliphatic rings. The molecule has 0 saturated heterocycles. The zero-order valence-corrected chi connectivity index (χ0v) is 14.4. The van der Waals surface area contributed by atoms with E-state index in [0.29, 0.717) is 17.4 Å². The summed E-state index contributed by atoms with van der Waals surface area (Å²) in [4.78, 5) is 11.9. The first-order valence-corrected chi connectivity index (χ1v) is 8.01. The van der Waals surface area contributed by atoms with Crippen LogP contribution in [0.15, 0.2) is 59.0 Å². The predicted molar refractivity (Wildman–Crippen MR) is 92.7 cm³/mol. The second-order valence-corrected chi connectivity index (χ2v) is 5.41. The van der Waals surface area contributed by atoms with Crippen LogP contribution >= 0.6 is 0 Å². The van der Waals surface area contributed by atoms with Crippen LogP contribution in [0.1, 0.15) is 18.9 Å². The Morgan fingerprint density at radius 2 is 1.73 bits per heavy atom. The van der Waals surface area contributed by atoms with E-state index in [1.54, 1.807) is 38.3 Å². The second-order valence-electron chi connectivity index (χ2n) is 5.41. The lowest BCUT2D eigenvalue weighted by Gasteiger charge is -2.10. The Morgan fingerprint density at radius 1 is 1.04 bits per heavy atom. The maximum atomic E-state index is 11.9. The van der Waals surface area contributed by atoms with Gasteiger partial charge >= 0.3 is 5.97 Å². The van der Waals surface area contributed by atoms with Gasteiger partial charge in [0.25, 0.3) is 5.89 Å². The number of aromatic nitrogens is 2. The number of esters is 1. The largest absolute Gasteiger partial charge is 0.497 e. The number of methoxy groups -OCH3 is 1. The molecule has 0 fully saturated rings. The van der Waals surface area contributed by atoms with Crippen molar-refractivity contribution in [1.29, 1.82) is 0 Å². The normalized spacial score (nSPS) is 11.6. The molecule has 26 heavy (non-hydrogen) atoms. The maximum Gasteiger partial charge on any atom is 0.344 e. The molecule has 2 aromatic carbocycles. The molecule has 0 amide bonds. The number of carbonyl (C=O) groups excluding carboxylic acids is 1. The molecule has 134 valence electrons. The van der Waals surface area contributed by atoms with Crippen molar-refractivity contribution in [3.63, 3.8) is 0 Å². The molecule has 1 atom stereocenters. The summed E-state index contributed by atoms with van der Waals surface area (Å²) in [7, 11) is 1.58. The zero-order chi connectivity index (χ0) is 18.4. The number of hydrogen-bond acceptors (Lipinski definition) is 7. The van der Waals surface area contributed by atoms with E-state index in [1.807, 2.05) is 30.3 Å². The van der Waals surface area contributed by atoms with Crippen molar-refractivity contribution in [1.82, 2.24) is 10.2 Å². The molecule has 7 heteroatoms. The molecule has 0 aliphatic heterocycles. The Morgan fingerprint density at radius 3 is 2.42 bits per heavy atom. The number of carbonyl (C=O) groups is 1. The highest BCUT2D eigenvalue weighted by Crippen LogP contribution is 2.22. The Labute approximate surface area is 150 Å². The van der Waals surface area contributed by atoms with Gasteiger partial charge in [0, 0.05) is 5.56 Å². The van der Waals surface area contributed by atoms with Gasteiger partial charge < -0.3 is 18.6 Å². The lowest BCUT2D eigenvalue weighted by Crippen LogP contribution is -2.17. The van der Waals surface area contributed by atoms with Crippen molar-refractivity contribution in [2.75, 3.05) is 13.7 Å². The molecule has 1 heterocycles. The summed E-state index contributed by atoms with van der Waals surface area (Å²) in [6.45, 7) is 1.43. The standard InChI is InChI=1S/C19H18N2O5/c1-13(18-20-21-19(26-18)14-6-4-3-5-7-14)25-17(22)12-24-16-10-8-15(23-2)9-11-16/h3-11,13H,12H2,1-2H3/t13-/m0/s1. The van der Waals surface area contributed by atoms with E-state index >= 15 is 0 Å². The van der Waals surface area contributed by atoms with Gasteiger partial charge in [0.15, 0.2) is 12.7 Å². The van der Waals surface area contributed by atoms with Crippen LogP contribution in [0.25, 0.3) is 11.5 Å². The molecule has 7 nitrogen and oxygen atoms in total. The summed E-state index contributed by atoms with van der Waals surface area (Å²) in [6, 6.07) is 16.3. The highest BCUT2D eigenvalue weighted by atomic mass is 16.6. The third-order valence-electron chi connectivity index (χ3n) is 3.53. The summed E-state index contributed by atoms with van der Waals surface area (Å²) >= 11 is 0. The summed E-state index contributed by atoms with van der Waals surface area (Å²) in [6.07, 6.45) is -0.674. The first-order valence-electron chi connectivity index (χ1n) is 8.01. The fourth-order valence-corrected chi connectivity index (χ4v) is 2.19. The number of benzene rings is 2. The van der Waals surface area contributed by atoms with Crippen molar-refractivity contribution in [2.45, 2.75) is 13.0 Å². The van der Waals surface area contributed by atoms with Crippen molar-refractivity contribution in [3.8, 4) is 23.0 Å². The molecule has 0 unspecified atom stereocenters. The van der Waals surface area contributed by atoms with Crippen LogP contribution in [-0.4, -0.2) is 29.9 Å². The van der Waals surface area contributed by atoms with Gasteiger partial charge in [-0.2, -0.15) is 0 Å². The van der Waals surface area contributed by atoms with Crippen molar-refractivity contribution in [2.24, 2.45) is 0 Å². The van der Waals surface area contributed by atoms with E-state index < -0.39 is 12.1 Å². The van der Waals surface area contributed by atoms with Crippen LogP contribution in [0.2, 0.25) is 0 Å². The van der Waals surface area contributed by atoms with E-state index in [9.17, 15) is 4.79 Å². The predicted octanol–water partition coefficient (Wildman–Crippen LogP) is 3.43. The molecular weight excluding hydrogens is 336 g/mol. The van der Waals surface area contributed by atoms with E-state index in [2.05, 4.69) is 10.2 Å². The van der Waals surface area contributed by atoms with Gasteiger partial charge in [-0.1, -0.05) is 18.2 Å². The van der Waals surface area contributed by atoms with Gasteiger partial charge in [-0.05, 0) is 43.3 Å². The van der Waals surface area contributed by atoms with Gasteiger partial charge in [-0.3, -0.25) is 0 Å². The molecule has 3 rings (SSSR count). The molecular formula is C19H18N2O5. The van der Waals surface area contributed by atoms with E-state index in [0.717, 1.165) is 5.56 Å². The number of rotatable bonds is 7. The average Bonchev–Trinajstić information content (AvgIpc) is 3.18. The van der Waals surface area contributed by atoms with Crippen LogP contribution in [0.5, 0.6) is 11.5 Å². The van der Waals surface area contributed by atoms with E-state index in [1.165, 1.54) is 0 Å². The molecule has 0 aliphatic carbocycles. The third kappa shape index (κ3) is 4.38. The highest BCUT2D eigenvalue weighted by Gasteiger charge is 2.19. The monoisotopic (exact) mass is 354 g/mol. The minimum atomic E-state index is -0.674. The fraction of sp³-hybridized carbons (Fsp3) is 0.211. The van der Waals surface area contributed by atoms with Crippen LogP contribution in [-0.2, 0) is 9.53 Å². The van der Waals surface area contributed by atoms with Crippen LogP contribution in [0.3, 0.4) is 0 Å². The van der Waals surface area contributed by atoms with E-state index in [4.69, 9.17) is 18.6 Å². The smallest absolute Gasteiger partial charge is 0.344 e. The Bertz CT molecular complexity index is 846. The topological polar surface area (TPSA) is 83.7 Å². The zero-order valence-electron chi connectivity index (χ0n) is 14.4. The van der Waals surface area contributed by atoms with E-state index in [-0.39, 0.29) is 12.5 Å². The molecule has 1 aromatic heterocycles. The molecule has 0 spiro atoms. The van der Waals surface area contributed by atoms with Gasteiger partial charge in [0.2, 0.25) is 5.89 Å². The first kappa shape index (κ1) is 17.5. The highest BCUT2D eigenvalue weighted by molar-refractivity contribution is 5.71. The Balaban J connectivity index is 1.53. The quantitative estimate of drug-likeness (QED) is 0.601. The second kappa shape index (κ2) is 8.15. The van der Waals surface area contributed by atoms with Crippen LogP contribution < -0.4 is 9.47 Å². The van der Waals surface area contributed by atoms with Crippen molar-refractivity contribution < 1.29 is 23.4 Å². The summed E-state index contributed by atoms with van der Waals surface area (Å²) < 4.78 is 21.3. The number of nitrogens with zero attached hydrogens (tertiary/aromatic N) is 2. The fourth-order valence-electron chi connectivity index (χ4n) is 2.19. The molecule has 0 bridgehead atoms. The molecule has 0 N–H and O–H groups in total. The number of ether oxygens (including phenoxy) is 3. The van der Waals surface area contributed by atoms with Crippen molar-refractivity contribution in [3.05, 3.63) is 60.5 Å². The van der Waals surface area contributed by atoms with Crippen LogP contribution in [0.4, 0.5) is 0 Å². The minimum Gasteiger partial charge on any atom is -0.497 e. The molecule has 0 radical (unpaired) electrons. The number of hydrogen-bond donors (Lipinski definition) is 0. The van der Waals surface area contributed by atoms with Crippen molar-refractivity contribution >= 4 is 5.97 Å². The molecule has 3 aromatic rings. The summed E-state index contributed by atoms with van der Waals surface area (Å²) in [5, 5.41) is 7.91. The first-order chi connectivity index (χ1) is 12.7. The maximum absolute atomic E-state index is 11.9. The van der Waals surface area contributed by atoms with Gasteiger partial charge in [0.1, 0.15) is 11.5 Å². The summed E-state index contributed by atoms with van der Waals surface area (Å²) in [5.41, 5.74) is 0.799. The van der Waals surface area contributed by atoms with Gasteiger partial charge in [-0.25, -0.2) is 4.79 Å². The van der Waals surface area contributed by atoms with Crippen LogP contribution in [0, 0.1) is 0 Å². The molecule has 0 saturated carbocycles. The van der Waals surface area contributed by atoms with Gasteiger partial charge in [0.05, 0.1) is 7.11 Å². The summed E-state index contributed by atoms with van der Waals surface area (Å²) in [5.74, 6) is 1.31. The SMILES string of the molecule is COc1ccc(OCC(=O)O[C@@H](C)c2nnc(-c3ccccc3)o2)cc1.